The number of rotatable bonds is 4. The van der Waals surface area contributed by atoms with Crippen molar-refractivity contribution in [2.24, 2.45) is 0 Å². The van der Waals surface area contributed by atoms with Crippen LogP contribution < -0.4 is 21.5 Å². The summed E-state index contributed by atoms with van der Waals surface area (Å²) in [5, 5.41) is 5.64. The van der Waals surface area contributed by atoms with Gasteiger partial charge in [0.1, 0.15) is 0 Å². The molecule has 4 N–H and O–H groups in total. The topological polar surface area (TPSA) is 82.3 Å². The highest BCUT2D eigenvalue weighted by molar-refractivity contribution is 7.80. The van der Waals surface area contributed by atoms with Crippen LogP contribution in [-0.4, -0.2) is 17.4 Å². The molecule has 0 atom stereocenters. The minimum absolute atomic E-state index is 0.250. The van der Waals surface area contributed by atoms with E-state index in [1.807, 2.05) is 30.3 Å². The van der Waals surface area contributed by atoms with Crippen molar-refractivity contribution in [1.82, 2.24) is 10.9 Å². The SMILES string of the molecule is O=CNc1ccccc1C(=O)NNC(=S)Nc1ccccc1. The monoisotopic (exact) mass is 314 g/mol. The van der Waals surface area contributed by atoms with E-state index in [1.165, 1.54) is 0 Å². The molecule has 0 aliphatic carbocycles. The van der Waals surface area contributed by atoms with Gasteiger partial charge in [-0.2, -0.15) is 0 Å². The number of carbonyl (C=O) groups is 2. The second-order valence-electron chi connectivity index (χ2n) is 4.21. The Hall–Kier alpha value is -2.93. The molecule has 6 nitrogen and oxygen atoms in total. The number of nitrogens with one attached hydrogen (secondary N) is 4. The molecule has 0 saturated heterocycles. The Morgan fingerprint density at radius 1 is 0.955 bits per heavy atom. The number of hydrogen-bond donors (Lipinski definition) is 4. The fraction of sp³-hybridized carbons (Fsp3) is 0. The zero-order valence-corrected chi connectivity index (χ0v) is 12.3. The minimum Gasteiger partial charge on any atom is -0.331 e. The van der Waals surface area contributed by atoms with Gasteiger partial charge in [0, 0.05) is 5.69 Å². The third kappa shape index (κ3) is 4.29. The zero-order chi connectivity index (χ0) is 15.8. The Balaban J connectivity index is 1.92. The van der Waals surface area contributed by atoms with E-state index in [1.54, 1.807) is 24.3 Å². The van der Waals surface area contributed by atoms with E-state index in [0.717, 1.165) is 5.69 Å². The maximum atomic E-state index is 12.1. The maximum absolute atomic E-state index is 12.1. The second-order valence-corrected chi connectivity index (χ2v) is 4.62. The third-order valence-corrected chi connectivity index (χ3v) is 2.91. The van der Waals surface area contributed by atoms with Crippen LogP contribution in [0, 0.1) is 0 Å². The first kappa shape index (κ1) is 15.5. The number of amides is 2. The Kier molecular flexibility index (Phi) is 5.44. The first-order valence-corrected chi connectivity index (χ1v) is 6.83. The van der Waals surface area contributed by atoms with Gasteiger partial charge in [0.2, 0.25) is 6.41 Å². The molecule has 0 unspecified atom stereocenters. The molecule has 0 bridgehead atoms. The fourth-order valence-electron chi connectivity index (χ4n) is 1.74. The first-order chi connectivity index (χ1) is 10.7. The lowest BCUT2D eigenvalue weighted by Crippen LogP contribution is -2.43. The molecular weight excluding hydrogens is 300 g/mol. The van der Waals surface area contributed by atoms with Gasteiger partial charge in [-0.1, -0.05) is 30.3 Å². The largest absolute Gasteiger partial charge is 0.331 e. The predicted octanol–water partition coefficient (Wildman–Crippen LogP) is 1.89. The molecule has 2 amide bonds. The van der Waals surface area contributed by atoms with E-state index in [-0.39, 0.29) is 5.11 Å². The number of carbonyl (C=O) groups excluding carboxylic acids is 2. The number of hydrazine groups is 1. The van der Waals surface area contributed by atoms with Crippen LogP contribution in [-0.2, 0) is 4.79 Å². The van der Waals surface area contributed by atoms with E-state index in [0.29, 0.717) is 17.7 Å². The summed E-state index contributed by atoms with van der Waals surface area (Å²) in [7, 11) is 0. The van der Waals surface area contributed by atoms with Crippen molar-refractivity contribution in [3.8, 4) is 0 Å². The van der Waals surface area contributed by atoms with Gasteiger partial charge in [0.05, 0.1) is 11.3 Å². The van der Waals surface area contributed by atoms with Crippen LogP contribution in [0.4, 0.5) is 11.4 Å². The lowest BCUT2D eigenvalue weighted by molar-refractivity contribution is -0.105. The lowest BCUT2D eigenvalue weighted by atomic mass is 10.1. The molecule has 0 aliphatic heterocycles. The van der Waals surface area contributed by atoms with Crippen LogP contribution in [0.1, 0.15) is 10.4 Å². The van der Waals surface area contributed by atoms with E-state index in [4.69, 9.17) is 12.2 Å². The summed E-state index contributed by atoms with van der Waals surface area (Å²) in [6, 6.07) is 16.0. The highest BCUT2D eigenvalue weighted by Crippen LogP contribution is 2.13. The Morgan fingerprint density at radius 2 is 1.64 bits per heavy atom. The standard InChI is InChI=1S/C15H14N4O2S/c20-10-16-13-9-5-4-8-12(13)14(21)18-19-15(22)17-11-6-2-1-3-7-11/h1-10H,(H,16,20)(H,18,21)(H2,17,19,22). The summed E-state index contributed by atoms with van der Waals surface area (Å²) in [4.78, 5) is 22.6. The molecule has 2 aromatic carbocycles. The van der Waals surface area contributed by atoms with Crippen molar-refractivity contribution >= 4 is 41.0 Å². The second kappa shape index (κ2) is 7.75. The van der Waals surface area contributed by atoms with Crippen LogP contribution in [0.25, 0.3) is 0 Å². The van der Waals surface area contributed by atoms with Crippen LogP contribution in [0.3, 0.4) is 0 Å². The van der Waals surface area contributed by atoms with Crippen LogP contribution in [0.2, 0.25) is 0 Å². The molecule has 7 heteroatoms. The van der Waals surface area contributed by atoms with E-state index in [9.17, 15) is 9.59 Å². The van der Waals surface area contributed by atoms with Gasteiger partial charge in [-0.3, -0.25) is 20.4 Å². The molecule has 0 radical (unpaired) electrons. The third-order valence-electron chi connectivity index (χ3n) is 2.71. The Bertz CT molecular complexity index is 676. The van der Waals surface area contributed by atoms with Crippen LogP contribution in [0.15, 0.2) is 54.6 Å². The molecule has 22 heavy (non-hydrogen) atoms. The van der Waals surface area contributed by atoms with Gasteiger partial charge in [0.25, 0.3) is 5.91 Å². The van der Waals surface area contributed by atoms with E-state index in [2.05, 4.69) is 21.5 Å². The van der Waals surface area contributed by atoms with Gasteiger partial charge >= 0.3 is 0 Å². The molecule has 0 heterocycles. The summed E-state index contributed by atoms with van der Waals surface area (Å²) in [5.74, 6) is -0.415. The van der Waals surface area contributed by atoms with E-state index < -0.39 is 5.91 Å². The highest BCUT2D eigenvalue weighted by atomic mass is 32.1. The molecule has 0 fully saturated rings. The summed E-state index contributed by atoms with van der Waals surface area (Å²) >= 11 is 5.08. The van der Waals surface area contributed by atoms with Gasteiger partial charge < -0.3 is 10.6 Å². The van der Waals surface area contributed by atoms with Crippen molar-refractivity contribution in [2.75, 3.05) is 10.6 Å². The number of thiocarbonyl (C=S) groups is 1. The molecule has 2 aromatic rings. The summed E-state index contributed by atoms with van der Waals surface area (Å²) in [6.07, 6.45) is 0.515. The minimum atomic E-state index is -0.415. The highest BCUT2D eigenvalue weighted by Gasteiger charge is 2.10. The summed E-state index contributed by atoms with van der Waals surface area (Å²) in [6.45, 7) is 0. The lowest BCUT2D eigenvalue weighted by Gasteiger charge is -2.13. The fourth-order valence-corrected chi connectivity index (χ4v) is 1.90. The molecule has 0 aliphatic rings. The molecule has 0 saturated carbocycles. The Labute approximate surface area is 132 Å². The summed E-state index contributed by atoms with van der Waals surface area (Å²) < 4.78 is 0. The van der Waals surface area contributed by atoms with Crippen LogP contribution >= 0.6 is 12.2 Å². The summed E-state index contributed by atoms with van der Waals surface area (Å²) in [5.41, 5.74) is 6.61. The van der Waals surface area contributed by atoms with Crippen molar-refractivity contribution in [3.05, 3.63) is 60.2 Å². The van der Waals surface area contributed by atoms with E-state index >= 15 is 0 Å². The molecule has 2 rings (SSSR count). The average molecular weight is 314 g/mol. The number of hydrogen-bond acceptors (Lipinski definition) is 3. The van der Waals surface area contributed by atoms with Gasteiger partial charge in [-0.25, -0.2) is 0 Å². The van der Waals surface area contributed by atoms with Crippen molar-refractivity contribution in [3.63, 3.8) is 0 Å². The van der Waals surface area contributed by atoms with Gasteiger partial charge in [-0.05, 0) is 36.5 Å². The number of benzene rings is 2. The number of anilines is 2. The zero-order valence-electron chi connectivity index (χ0n) is 11.5. The average Bonchev–Trinajstić information content (AvgIpc) is 2.54. The molecule has 0 spiro atoms. The quantitative estimate of drug-likeness (QED) is 0.393. The molecule has 112 valence electrons. The first-order valence-electron chi connectivity index (χ1n) is 6.42. The molecular formula is C15H14N4O2S. The van der Waals surface area contributed by atoms with Gasteiger partial charge in [-0.15, -0.1) is 0 Å². The predicted molar refractivity (Wildman–Crippen MR) is 89.4 cm³/mol. The van der Waals surface area contributed by atoms with Gasteiger partial charge in [0.15, 0.2) is 5.11 Å². The van der Waals surface area contributed by atoms with Crippen molar-refractivity contribution in [1.29, 1.82) is 0 Å². The molecule has 0 aromatic heterocycles. The normalized spacial score (nSPS) is 9.45. The maximum Gasteiger partial charge on any atom is 0.271 e. The van der Waals surface area contributed by atoms with Crippen molar-refractivity contribution in [2.45, 2.75) is 0 Å². The number of para-hydroxylation sites is 2. The van der Waals surface area contributed by atoms with Crippen molar-refractivity contribution < 1.29 is 9.59 Å². The van der Waals surface area contributed by atoms with Crippen LogP contribution in [0.5, 0.6) is 0 Å². The Morgan fingerprint density at radius 3 is 2.36 bits per heavy atom. The smallest absolute Gasteiger partial charge is 0.271 e.